The lowest BCUT2D eigenvalue weighted by Gasteiger charge is -2.27. The minimum Gasteiger partial charge on any atom is -0.435 e. The highest BCUT2D eigenvalue weighted by atomic mass is 16.3. The monoisotopic (exact) mass is 703 g/mol. The molecule has 0 atom stereocenters. The highest BCUT2D eigenvalue weighted by Gasteiger charge is 2.22. The molecule has 0 saturated carbocycles. The first-order valence-corrected chi connectivity index (χ1v) is 18.6. The van der Waals surface area contributed by atoms with E-state index in [1.165, 1.54) is 27.4 Å². The van der Waals surface area contributed by atoms with Crippen molar-refractivity contribution in [2.75, 3.05) is 4.90 Å². The zero-order valence-electron chi connectivity index (χ0n) is 29.8. The van der Waals surface area contributed by atoms with Crippen molar-refractivity contribution in [2.24, 2.45) is 0 Å². The van der Waals surface area contributed by atoms with E-state index in [-0.39, 0.29) is 0 Å². The summed E-state index contributed by atoms with van der Waals surface area (Å²) < 4.78 is 8.86. The molecule has 4 heteroatoms. The molecule has 4 nitrogen and oxygen atoms in total. The van der Waals surface area contributed by atoms with Crippen molar-refractivity contribution in [3.63, 3.8) is 0 Å². The van der Waals surface area contributed by atoms with Gasteiger partial charge in [0.1, 0.15) is 5.52 Å². The quantitative estimate of drug-likeness (QED) is 0.162. The van der Waals surface area contributed by atoms with Gasteiger partial charge in [-0.2, -0.15) is 0 Å². The second kappa shape index (κ2) is 12.6. The number of fused-ring (bicyclic) bond motifs is 8. The summed E-state index contributed by atoms with van der Waals surface area (Å²) in [7, 11) is 0. The van der Waals surface area contributed by atoms with Gasteiger partial charge in [0.2, 0.25) is 5.89 Å². The van der Waals surface area contributed by atoms with Gasteiger partial charge < -0.3 is 13.9 Å². The van der Waals surface area contributed by atoms with Crippen LogP contribution in [-0.2, 0) is 0 Å². The maximum Gasteiger partial charge on any atom is 0.227 e. The van der Waals surface area contributed by atoms with Gasteiger partial charge in [0, 0.05) is 38.8 Å². The highest BCUT2D eigenvalue weighted by molar-refractivity contribution is 6.18. The molecule has 0 unspecified atom stereocenters. The van der Waals surface area contributed by atoms with Crippen LogP contribution in [0.1, 0.15) is 0 Å². The molecule has 0 aliphatic rings. The normalized spacial score (nSPS) is 11.6. The number of hydrogen-bond donors (Lipinski definition) is 0. The summed E-state index contributed by atoms with van der Waals surface area (Å²) in [5, 5.41) is 6.89. The molecule has 11 aromatic rings. The van der Waals surface area contributed by atoms with Crippen LogP contribution in [0, 0.1) is 0 Å². The minimum absolute atomic E-state index is 0.629. The Morgan fingerprint density at radius 1 is 0.436 bits per heavy atom. The number of aromatic nitrogens is 2. The lowest BCUT2D eigenvalue weighted by Crippen LogP contribution is -2.10. The Bertz CT molecular complexity index is 3180. The first-order valence-electron chi connectivity index (χ1n) is 18.6. The molecule has 0 bridgehead atoms. The van der Waals surface area contributed by atoms with E-state index in [1.54, 1.807) is 0 Å². The predicted octanol–water partition coefficient (Wildman–Crippen LogP) is 14.0. The zero-order valence-corrected chi connectivity index (χ0v) is 29.8. The van der Waals surface area contributed by atoms with Gasteiger partial charge in [0.15, 0.2) is 5.58 Å². The number of anilines is 3. The second-order valence-electron chi connectivity index (χ2n) is 14.0. The SMILES string of the molecule is c1ccc(-c2ccc(N(c3ccc4ccc5c(ccc6nc(-c7ccccc7)oc65)c4c3)c3cccc4c3c3ccccc3n4-c3ccccc3)cc2)cc1. The molecule has 258 valence electrons. The molecule has 0 aliphatic heterocycles. The lowest BCUT2D eigenvalue weighted by molar-refractivity contribution is 0.623. The molecule has 2 aromatic heterocycles. The van der Waals surface area contributed by atoms with Crippen molar-refractivity contribution in [1.82, 2.24) is 9.55 Å². The van der Waals surface area contributed by atoms with Crippen LogP contribution in [0.25, 0.3) is 82.7 Å². The molecule has 0 radical (unpaired) electrons. The molecule has 0 N–H and O–H groups in total. The van der Waals surface area contributed by atoms with E-state index in [1.807, 2.05) is 30.3 Å². The van der Waals surface area contributed by atoms with Crippen LogP contribution in [0.4, 0.5) is 17.1 Å². The lowest BCUT2D eigenvalue weighted by atomic mass is 9.99. The third-order valence-electron chi connectivity index (χ3n) is 10.8. The number of oxazole rings is 1. The van der Waals surface area contributed by atoms with Gasteiger partial charge in [-0.1, -0.05) is 121 Å². The van der Waals surface area contributed by atoms with Crippen LogP contribution < -0.4 is 4.90 Å². The standard InChI is InChI=1S/C51H33N3O/c1-4-13-34(14-5-1)35-23-27-39(28-24-35)53(47-21-12-22-48-49(47)43-19-10-11-20-46(43)54(48)38-17-8-3-9-18-38)40-29-25-36-26-30-42-41(44(36)33-40)31-32-45-50(42)55-51(52-45)37-15-6-2-7-16-37/h1-33H. The van der Waals surface area contributed by atoms with E-state index in [9.17, 15) is 0 Å². The summed E-state index contributed by atoms with van der Waals surface area (Å²) in [5.74, 6) is 0.629. The van der Waals surface area contributed by atoms with Gasteiger partial charge in [-0.15, -0.1) is 0 Å². The number of rotatable bonds is 6. The molecule has 0 amide bonds. The van der Waals surface area contributed by atoms with E-state index >= 15 is 0 Å². The maximum atomic E-state index is 6.48. The van der Waals surface area contributed by atoms with Crippen molar-refractivity contribution >= 4 is 71.5 Å². The van der Waals surface area contributed by atoms with Gasteiger partial charge in [-0.25, -0.2) is 4.98 Å². The fourth-order valence-corrected chi connectivity index (χ4v) is 8.25. The molecule has 0 spiro atoms. The van der Waals surface area contributed by atoms with E-state index in [0.717, 1.165) is 66.5 Å². The van der Waals surface area contributed by atoms with Crippen molar-refractivity contribution < 1.29 is 4.42 Å². The third-order valence-corrected chi connectivity index (χ3v) is 10.8. The average Bonchev–Trinajstić information content (AvgIpc) is 3.85. The Morgan fingerprint density at radius 3 is 1.87 bits per heavy atom. The zero-order chi connectivity index (χ0) is 36.3. The fourth-order valence-electron chi connectivity index (χ4n) is 8.25. The van der Waals surface area contributed by atoms with E-state index in [4.69, 9.17) is 9.40 Å². The smallest absolute Gasteiger partial charge is 0.227 e. The molecule has 0 saturated heterocycles. The molecule has 9 aromatic carbocycles. The number of hydrogen-bond acceptors (Lipinski definition) is 3. The summed E-state index contributed by atoms with van der Waals surface area (Å²) in [6.07, 6.45) is 0. The summed E-state index contributed by atoms with van der Waals surface area (Å²) in [5.41, 5.74) is 11.7. The molecular formula is C51H33N3O. The van der Waals surface area contributed by atoms with E-state index in [0.29, 0.717) is 5.89 Å². The van der Waals surface area contributed by atoms with Crippen LogP contribution in [0.15, 0.2) is 205 Å². The molecule has 0 fully saturated rings. The number of nitrogens with zero attached hydrogens (tertiary/aromatic N) is 3. The van der Waals surface area contributed by atoms with E-state index < -0.39 is 0 Å². The molecular weight excluding hydrogens is 671 g/mol. The van der Waals surface area contributed by atoms with Crippen LogP contribution in [0.3, 0.4) is 0 Å². The van der Waals surface area contributed by atoms with Gasteiger partial charge in [0.25, 0.3) is 0 Å². The first-order chi connectivity index (χ1) is 27.3. The van der Waals surface area contributed by atoms with Crippen LogP contribution in [0.5, 0.6) is 0 Å². The highest BCUT2D eigenvalue weighted by Crippen LogP contribution is 2.45. The van der Waals surface area contributed by atoms with Gasteiger partial charge >= 0.3 is 0 Å². The molecule has 0 aliphatic carbocycles. The van der Waals surface area contributed by atoms with E-state index in [2.05, 4.69) is 179 Å². The Labute approximate surface area is 317 Å². The van der Waals surface area contributed by atoms with Crippen molar-refractivity contribution in [1.29, 1.82) is 0 Å². The van der Waals surface area contributed by atoms with Crippen molar-refractivity contribution in [3.05, 3.63) is 200 Å². The van der Waals surface area contributed by atoms with Crippen molar-refractivity contribution in [3.8, 4) is 28.3 Å². The Morgan fingerprint density at radius 2 is 1.07 bits per heavy atom. The summed E-state index contributed by atoms with van der Waals surface area (Å²) in [6.45, 7) is 0. The number of para-hydroxylation sites is 2. The number of benzene rings is 9. The maximum absolute atomic E-state index is 6.48. The van der Waals surface area contributed by atoms with Crippen LogP contribution in [-0.4, -0.2) is 9.55 Å². The van der Waals surface area contributed by atoms with Gasteiger partial charge in [-0.3, -0.25) is 0 Å². The molecule has 2 heterocycles. The predicted molar refractivity (Wildman–Crippen MR) is 229 cm³/mol. The summed E-state index contributed by atoms with van der Waals surface area (Å²) >= 11 is 0. The third kappa shape index (κ3) is 5.11. The largest absolute Gasteiger partial charge is 0.435 e. The van der Waals surface area contributed by atoms with Crippen molar-refractivity contribution in [2.45, 2.75) is 0 Å². The Balaban J connectivity index is 1.15. The average molecular weight is 704 g/mol. The molecule has 55 heavy (non-hydrogen) atoms. The first kappa shape index (κ1) is 31.1. The second-order valence-corrected chi connectivity index (χ2v) is 14.0. The topological polar surface area (TPSA) is 34.2 Å². The van der Waals surface area contributed by atoms with Crippen LogP contribution >= 0.6 is 0 Å². The summed E-state index contributed by atoms with van der Waals surface area (Å²) in [6, 6.07) is 71.1. The Hall–Kier alpha value is -7.43. The minimum atomic E-state index is 0.629. The molecule has 11 rings (SSSR count). The fraction of sp³-hybridized carbons (Fsp3) is 0. The van der Waals surface area contributed by atoms with Gasteiger partial charge in [0.05, 0.1) is 16.7 Å². The van der Waals surface area contributed by atoms with Crippen LogP contribution in [0.2, 0.25) is 0 Å². The van der Waals surface area contributed by atoms with Gasteiger partial charge in [-0.05, 0) is 106 Å². The Kier molecular flexibility index (Phi) is 7.14. The summed E-state index contributed by atoms with van der Waals surface area (Å²) in [4.78, 5) is 7.28.